The highest BCUT2D eigenvalue weighted by atomic mass is 16.6. The van der Waals surface area contributed by atoms with Crippen LogP contribution in [0.2, 0.25) is 0 Å². The van der Waals surface area contributed by atoms with Crippen molar-refractivity contribution in [3.63, 3.8) is 0 Å². The Kier molecular flexibility index (Phi) is 7.03. The van der Waals surface area contributed by atoms with E-state index in [4.69, 9.17) is 4.74 Å². The number of methoxy groups -OCH3 is 1. The molecule has 14 heteroatoms. The van der Waals surface area contributed by atoms with Crippen LogP contribution in [0.1, 0.15) is 17.3 Å². The number of non-ortho nitro benzene ring substituents is 1. The van der Waals surface area contributed by atoms with Gasteiger partial charge in [0.1, 0.15) is 17.1 Å². The second-order valence-electron chi connectivity index (χ2n) is 8.17. The van der Waals surface area contributed by atoms with Gasteiger partial charge in [-0.1, -0.05) is 0 Å². The minimum Gasteiger partial charge on any atom is -0.496 e. The maximum Gasteiger partial charge on any atom is 0.299 e. The summed E-state index contributed by atoms with van der Waals surface area (Å²) in [6.07, 6.45) is 0. The second-order valence-corrected chi connectivity index (χ2v) is 8.17. The first-order valence-electron chi connectivity index (χ1n) is 10.5. The highest BCUT2D eigenvalue weighted by Crippen LogP contribution is 2.37. The number of piperazine rings is 1. The van der Waals surface area contributed by atoms with Gasteiger partial charge in [0.2, 0.25) is 0 Å². The number of nitrogens with zero attached hydrogens (tertiary/aromatic N) is 6. The number of carbonyl (C=O) groups is 1. The molecule has 14 nitrogen and oxygen atoms in total. The fourth-order valence-corrected chi connectivity index (χ4v) is 4.07. The molecule has 2 aromatic carbocycles. The molecule has 1 fully saturated rings. The monoisotopic (exact) mass is 488 g/mol. The molecule has 1 aliphatic heterocycles. The summed E-state index contributed by atoms with van der Waals surface area (Å²) in [7, 11) is 4.65. The van der Waals surface area contributed by atoms with Crippen LogP contribution in [0.3, 0.4) is 0 Å². The zero-order valence-corrected chi connectivity index (χ0v) is 19.5. The van der Waals surface area contributed by atoms with Gasteiger partial charge in [0.15, 0.2) is 0 Å². The molecule has 1 amide bonds. The third-order valence-electron chi connectivity index (χ3n) is 5.80. The first kappa shape index (κ1) is 25.1. The zero-order chi connectivity index (χ0) is 26.0. The molecule has 186 valence electrons. The first-order chi connectivity index (χ1) is 16.5. The molecule has 1 saturated heterocycles. The van der Waals surface area contributed by atoms with Crippen molar-refractivity contribution in [2.45, 2.75) is 13.0 Å². The Morgan fingerprint density at radius 2 is 1.66 bits per heavy atom. The van der Waals surface area contributed by atoms with Crippen LogP contribution in [0.25, 0.3) is 0 Å². The number of anilines is 2. The first-order valence-corrected chi connectivity index (χ1v) is 10.5. The molecule has 1 aliphatic rings. The zero-order valence-electron chi connectivity index (χ0n) is 19.5. The lowest BCUT2D eigenvalue weighted by Crippen LogP contribution is -2.54. The molecule has 35 heavy (non-hydrogen) atoms. The molecular weight excluding hydrogens is 464 g/mol. The lowest BCUT2D eigenvalue weighted by Gasteiger charge is -2.40. The summed E-state index contributed by atoms with van der Waals surface area (Å²) in [5.74, 6) is -0.287. The average molecular weight is 488 g/mol. The maximum absolute atomic E-state index is 13.4. The third kappa shape index (κ3) is 4.90. The van der Waals surface area contributed by atoms with Crippen molar-refractivity contribution < 1.29 is 24.3 Å². The molecule has 0 aromatic heterocycles. The van der Waals surface area contributed by atoms with E-state index in [1.807, 2.05) is 0 Å². The van der Waals surface area contributed by atoms with Gasteiger partial charge in [-0.05, 0) is 13.0 Å². The Morgan fingerprint density at radius 3 is 2.17 bits per heavy atom. The minimum absolute atomic E-state index is 0.0337. The molecule has 1 heterocycles. The largest absolute Gasteiger partial charge is 0.496 e. The van der Waals surface area contributed by atoms with Crippen LogP contribution in [0, 0.1) is 30.3 Å². The summed E-state index contributed by atoms with van der Waals surface area (Å²) >= 11 is 0. The summed E-state index contributed by atoms with van der Waals surface area (Å²) in [6, 6.07) is 5.63. The topological polar surface area (TPSA) is 165 Å². The van der Waals surface area contributed by atoms with Gasteiger partial charge in [-0.25, -0.2) is 0 Å². The van der Waals surface area contributed by atoms with Crippen LogP contribution in [-0.2, 0) is 0 Å². The Bertz CT molecular complexity index is 1200. The van der Waals surface area contributed by atoms with E-state index in [0.29, 0.717) is 0 Å². The quantitative estimate of drug-likeness (QED) is 0.418. The van der Waals surface area contributed by atoms with Gasteiger partial charge in [0.25, 0.3) is 23.0 Å². The molecule has 0 spiro atoms. The number of amides is 1. The van der Waals surface area contributed by atoms with E-state index in [1.54, 1.807) is 30.8 Å². The van der Waals surface area contributed by atoms with Crippen LogP contribution in [-0.4, -0.2) is 72.5 Å². The van der Waals surface area contributed by atoms with E-state index in [9.17, 15) is 35.1 Å². The fourth-order valence-electron chi connectivity index (χ4n) is 4.07. The van der Waals surface area contributed by atoms with E-state index in [-0.39, 0.29) is 48.0 Å². The standard InChI is InChI=1S/C21H24N6O8/c1-13-12-23(16-6-5-14(25(29)30)9-18(16)26(31)32)7-8-24(13)21(28)15-10-19(27(33)34)17(22(2)3)11-20(15)35-4/h5-6,9-11,13H,7-8,12H2,1-4H3/t13-/m1/s1. The fraction of sp³-hybridized carbons (Fsp3) is 0.381. The highest BCUT2D eigenvalue weighted by molar-refractivity contribution is 5.99. The van der Waals surface area contributed by atoms with Crippen LogP contribution < -0.4 is 14.5 Å². The highest BCUT2D eigenvalue weighted by Gasteiger charge is 2.34. The second kappa shape index (κ2) is 9.79. The maximum atomic E-state index is 13.4. The number of hydrogen-bond acceptors (Lipinski definition) is 10. The van der Waals surface area contributed by atoms with Crippen LogP contribution in [0.15, 0.2) is 30.3 Å². The predicted octanol–water partition coefficient (Wildman–Crippen LogP) is 2.84. The van der Waals surface area contributed by atoms with Gasteiger partial charge >= 0.3 is 0 Å². The SMILES string of the molecule is COc1cc(N(C)C)c([N+](=O)[O-])cc1C(=O)N1CCN(c2ccc([N+](=O)[O-])cc2[N+](=O)[O-])C[C@H]1C. The Hall–Kier alpha value is -4.49. The number of carbonyl (C=O) groups excluding carboxylic acids is 1. The van der Waals surface area contributed by atoms with Crippen molar-refractivity contribution in [3.8, 4) is 5.75 Å². The summed E-state index contributed by atoms with van der Waals surface area (Å²) < 4.78 is 5.34. The molecule has 3 rings (SSSR count). The van der Waals surface area contributed by atoms with Crippen molar-refractivity contribution in [2.75, 3.05) is 50.6 Å². The van der Waals surface area contributed by atoms with Gasteiger partial charge in [0.05, 0.1) is 33.5 Å². The molecule has 0 N–H and O–H groups in total. The lowest BCUT2D eigenvalue weighted by atomic mass is 10.1. The average Bonchev–Trinajstić information content (AvgIpc) is 2.81. The van der Waals surface area contributed by atoms with Gasteiger partial charge < -0.3 is 19.4 Å². The van der Waals surface area contributed by atoms with Crippen molar-refractivity contribution >= 4 is 34.3 Å². The van der Waals surface area contributed by atoms with Gasteiger partial charge in [-0.2, -0.15) is 0 Å². The molecular formula is C21H24N6O8. The summed E-state index contributed by atoms with van der Waals surface area (Å²) in [5, 5.41) is 34.1. The summed E-state index contributed by atoms with van der Waals surface area (Å²) in [6.45, 7) is 2.34. The molecule has 0 bridgehead atoms. The summed E-state index contributed by atoms with van der Waals surface area (Å²) in [5.41, 5.74) is -0.506. The smallest absolute Gasteiger partial charge is 0.299 e. The lowest BCUT2D eigenvalue weighted by molar-refractivity contribution is -0.393. The van der Waals surface area contributed by atoms with Crippen molar-refractivity contribution in [3.05, 3.63) is 66.2 Å². The van der Waals surface area contributed by atoms with Crippen molar-refractivity contribution in [1.82, 2.24) is 4.90 Å². The Morgan fingerprint density at radius 1 is 1.00 bits per heavy atom. The van der Waals surface area contributed by atoms with E-state index < -0.39 is 38.1 Å². The van der Waals surface area contributed by atoms with Crippen molar-refractivity contribution in [1.29, 1.82) is 0 Å². The number of nitro groups is 3. The summed E-state index contributed by atoms with van der Waals surface area (Å²) in [4.78, 5) is 50.3. The van der Waals surface area contributed by atoms with E-state index in [1.165, 1.54) is 36.3 Å². The van der Waals surface area contributed by atoms with Gasteiger partial charge in [0, 0.05) is 58.0 Å². The molecule has 0 aliphatic carbocycles. The van der Waals surface area contributed by atoms with Gasteiger partial charge in [-0.15, -0.1) is 0 Å². The van der Waals surface area contributed by atoms with Crippen LogP contribution >= 0.6 is 0 Å². The molecule has 0 saturated carbocycles. The molecule has 2 aromatic rings. The number of nitro benzene ring substituents is 3. The van der Waals surface area contributed by atoms with Crippen molar-refractivity contribution in [2.24, 2.45) is 0 Å². The molecule has 0 unspecified atom stereocenters. The Labute approximate surface area is 199 Å². The van der Waals surface area contributed by atoms with Crippen LogP contribution in [0.5, 0.6) is 5.75 Å². The minimum atomic E-state index is -0.704. The number of rotatable bonds is 7. The number of benzene rings is 2. The normalized spacial score (nSPS) is 15.5. The predicted molar refractivity (Wildman–Crippen MR) is 126 cm³/mol. The van der Waals surface area contributed by atoms with E-state index >= 15 is 0 Å². The molecule has 1 atom stereocenters. The van der Waals surface area contributed by atoms with E-state index in [2.05, 4.69) is 0 Å². The van der Waals surface area contributed by atoms with Gasteiger partial charge in [-0.3, -0.25) is 35.1 Å². The Balaban J connectivity index is 1.90. The third-order valence-corrected chi connectivity index (χ3v) is 5.80. The number of hydrogen-bond donors (Lipinski definition) is 0. The van der Waals surface area contributed by atoms with E-state index in [0.717, 1.165) is 6.07 Å². The van der Waals surface area contributed by atoms with Crippen LogP contribution in [0.4, 0.5) is 28.4 Å². The molecule has 0 radical (unpaired) electrons. The number of ether oxygens (including phenoxy) is 1.